The quantitative estimate of drug-likeness (QED) is 0.653. The summed E-state index contributed by atoms with van der Waals surface area (Å²) in [4.78, 5) is 43.0. The number of piperidine rings is 1. The number of nitrogens with zero attached hydrogens (tertiary/aromatic N) is 3. The van der Waals surface area contributed by atoms with Gasteiger partial charge in [0.05, 0.1) is 0 Å². The van der Waals surface area contributed by atoms with Crippen LogP contribution in [0.3, 0.4) is 0 Å². The zero-order valence-electron chi connectivity index (χ0n) is 18.1. The maximum Gasteiger partial charge on any atom is 0.312 e. The topological polar surface area (TPSA) is 60.9 Å². The largest absolute Gasteiger partial charge is 0.343 e. The van der Waals surface area contributed by atoms with Gasteiger partial charge >= 0.3 is 11.8 Å². The van der Waals surface area contributed by atoms with Gasteiger partial charge in [0.2, 0.25) is 5.91 Å². The minimum absolute atomic E-state index is 0.0269. The number of carbonyl (C=O) groups excluding carboxylic acids is 3. The van der Waals surface area contributed by atoms with E-state index >= 15 is 0 Å². The second-order valence-corrected chi connectivity index (χ2v) is 8.45. The number of hydrogen-bond acceptors (Lipinski definition) is 3. The van der Waals surface area contributed by atoms with Crippen LogP contribution in [-0.4, -0.2) is 64.6 Å². The molecule has 2 aliphatic rings. The SMILES string of the molecule is O=C(CCc1ccccc1)N1CCC(N2CCN(Cc3cccc(F)c3)C(=O)C2=O)CC1. The number of halogens is 1. The molecule has 4 rings (SSSR count). The van der Waals surface area contributed by atoms with E-state index in [0.29, 0.717) is 51.0 Å². The number of benzene rings is 2. The van der Waals surface area contributed by atoms with Crippen LogP contribution in [-0.2, 0) is 27.3 Å². The standard InChI is InChI=1S/C25H28FN3O3/c26-21-8-4-7-20(17-21)18-28-15-16-29(25(32)24(28)31)22-11-13-27(14-12-22)23(30)10-9-19-5-2-1-3-6-19/h1-8,17,22H,9-16,18H2. The van der Waals surface area contributed by atoms with Gasteiger partial charge in [-0.3, -0.25) is 14.4 Å². The van der Waals surface area contributed by atoms with Gasteiger partial charge in [0.15, 0.2) is 0 Å². The first kappa shape index (κ1) is 22.0. The smallest absolute Gasteiger partial charge is 0.312 e. The lowest BCUT2D eigenvalue weighted by atomic mass is 10.0. The highest BCUT2D eigenvalue weighted by Crippen LogP contribution is 2.21. The van der Waals surface area contributed by atoms with Gasteiger partial charge in [-0.1, -0.05) is 42.5 Å². The molecule has 2 aliphatic heterocycles. The van der Waals surface area contributed by atoms with Gasteiger partial charge in [-0.25, -0.2) is 4.39 Å². The fraction of sp³-hybridized carbons (Fsp3) is 0.400. The molecule has 0 unspecified atom stereocenters. The highest BCUT2D eigenvalue weighted by Gasteiger charge is 2.37. The lowest BCUT2D eigenvalue weighted by Crippen LogP contribution is -2.59. The van der Waals surface area contributed by atoms with Gasteiger partial charge in [-0.2, -0.15) is 0 Å². The van der Waals surface area contributed by atoms with Crippen molar-refractivity contribution in [3.8, 4) is 0 Å². The van der Waals surface area contributed by atoms with Gasteiger partial charge in [0.25, 0.3) is 0 Å². The van der Waals surface area contributed by atoms with Gasteiger partial charge in [-0.15, -0.1) is 0 Å². The minimum atomic E-state index is -0.540. The van der Waals surface area contributed by atoms with Crippen molar-refractivity contribution in [3.63, 3.8) is 0 Å². The molecule has 7 heteroatoms. The van der Waals surface area contributed by atoms with Crippen LogP contribution in [0.25, 0.3) is 0 Å². The Kier molecular flexibility index (Phi) is 6.83. The van der Waals surface area contributed by atoms with Crippen molar-refractivity contribution < 1.29 is 18.8 Å². The van der Waals surface area contributed by atoms with Crippen LogP contribution >= 0.6 is 0 Å². The molecule has 2 heterocycles. The van der Waals surface area contributed by atoms with Gasteiger partial charge < -0.3 is 14.7 Å². The molecule has 2 saturated heterocycles. The highest BCUT2D eigenvalue weighted by molar-refractivity contribution is 6.35. The summed E-state index contributed by atoms with van der Waals surface area (Å²) in [6.07, 6.45) is 2.56. The summed E-state index contributed by atoms with van der Waals surface area (Å²) in [7, 11) is 0. The van der Waals surface area contributed by atoms with E-state index in [9.17, 15) is 18.8 Å². The third-order valence-electron chi connectivity index (χ3n) is 6.33. The third-order valence-corrected chi connectivity index (χ3v) is 6.33. The zero-order valence-corrected chi connectivity index (χ0v) is 18.1. The predicted octanol–water partition coefficient (Wildman–Crippen LogP) is 2.62. The van der Waals surface area contributed by atoms with Gasteiger partial charge in [0.1, 0.15) is 5.82 Å². The Morgan fingerprint density at radius 2 is 1.59 bits per heavy atom. The molecule has 0 radical (unpaired) electrons. The van der Waals surface area contributed by atoms with Crippen LogP contribution in [0.15, 0.2) is 54.6 Å². The van der Waals surface area contributed by atoms with Crippen LogP contribution in [0, 0.1) is 5.82 Å². The minimum Gasteiger partial charge on any atom is -0.343 e. The van der Waals surface area contributed by atoms with E-state index in [1.807, 2.05) is 35.2 Å². The first-order valence-electron chi connectivity index (χ1n) is 11.2. The Balaban J connectivity index is 1.26. The van der Waals surface area contributed by atoms with Crippen molar-refractivity contribution in [1.29, 1.82) is 0 Å². The molecule has 2 aromatic carbocycles. The maximum absolute atomic E-state index is 13.4. The molecule has 6 nitrogen and oxygen atoms in total. The Hall–Kier alpha value is -3.22. The second kappa shape index (κ2) is 9.94. The van der Waals surface area contributed by atoms with Crippen molar-refractivity contribution in [2.75, 3.05) is 26.2 Å². The van der Waals surface area contributed by atoms with Gasteiger partial charge in [-0.05, 0) is 42.5 Å². The molecule has 0 bridgehead atoms. The highest BCUT2D eigenvalue weighted by atomic mass is 19.1. The predicted molar refractivity (Wildman–Crippen MR) is 118 cm³/mol. The number of aryl methyl sites for hydroxylation is 1. The summed E-state index contributed by atoms with van der Waals surface area (Å²) in [5.74, 6) is -1.26. The molecule has 0 atom stereocenters. The molecule has 0 aromatic heterocycles. The van der Waals surface area contributed by atoms with Crippen molar-refractivity contribution in [3.05, 3.63) is 71.5 Å². The molecule has 0 spiro atoms. The van der Waals surface area contributed by atoms with Crippen LogP contribution < -0.4 is 0 Å². The summed E-state index contributed by atoms with van der Waals surface area (Å²) >= 11 is 0. The first-order valence-corrected chi connectivity index (χ1v) is 11.2. The molecule has 0 saturated carbocycles. The van der Waals surface area contributed by atoms with E-state index in [-0.39, 0.29) is 24.3 Å². The summed E-state index contributed by atoms with van der Waals surface area (Å²) in [6.45, 7) is 2.32. The van der Waals surface area contributed by atoms with Crippen molar-refractivity contribution in [2.24, 2.45) is 0 Å². The third kappa shape index (κ3) is 5.15. The average molecular weight is 438 g/mol. The zero-order chi connectivity index (χ0) is 22.5. The van der Waals surface area contributed by atoms with E-state index in [0.717, 1.165) is 12.0 Å². The maximum atomic E-state index is 13.4. The summed E-state index contributed by atoms with van der Waals surface area (Å²) in [5, 5.41) is 0. The molecule has 0 aliphatic carbocycles. The monoisotopic (exact) mass is 437 g/mol. The molecular formula is C25H28FN3O3. The second-order valence-electron chi connectivity index (χ2n) is 8.45. The Bertz CT molecular complexity index is 973. The number of carbonyl (C=O) groups is 3. The number of amides is 3. The molecule has 3 amide bonds. The molecular weight excluding hydrogens is 409 g/mol. The van der Waals surface area contributed by atoms with Crippen LogP contribution in [0.2, 0.25) is 0 Å². The summed E-state index contributed by atoms with van der Waals surface area (Å²) in [5.41, 5.74) is 1.82. The lowest BCUT2D eigenvalue weighted by molar-refractivity contribution is -0.159. The van der Waals surface area contributed by atoms with E-state index < -0.39 is 11.8 Å². The van der Waals surface area contributed by atoms with E-state index in [2.05, 4.69) is 0 Å². The van der Waals surface area contributed by atoms with Crippen LogP contribution in [0.5, 0.6) is 0 Å². The Morgan fingerprint density at radius 1 is 0.875 bits per heavy atom. The van der Waals surface area contributed by atoms with E-state index in [1.54, 1.807) is 17.0 Å². The number of likely N-dealkylation sites (tertiary alicyclic amines) is 1. The van der Waals surface area contributed by atoms with Crippen molar-refractivity contribution >= 4 is 17.7 Å². The van der Waals surface area contributed by atoms with Crippen LogP contribution in [0.1, 0.15) is 30.4 Å². The average Bonchev–Trinajstić information content (AvgIpc) is 2.81. The Morgan fingerprint density at radius 3 is 2.31 bits per heavy atom. The Labute approximate surface area is 187 Å². The van der Waals surface area contributed by atoms with E-state index in [1.165, 1.54) is 17.0 Å². The molecule has 168 valence electrons. The molecule has 32 heavy (non-hydrogen) atoms. The van der Waals surface area contributed by atoms with E-state index in [4.69, 9.17) is 0 Å². The normalized spacial score (nSPS) is 17.7. The van der Waals surface area contributed by atoms with Crippen LogP contribution in [0.4, 0.5) is 4.39 Å². The number of rotatable bonds is 6. The van der Waals surface area contributed by atoms with Crippen molar-refractivity contribution in [2.45, 2.75) is 38.3 Å². The first-order chi connectivity index (χ1) is 15.5. The summed E-state index contributed by atoms with van der Waals surface area (Å²) in [6, 6.07) is 16.0. The fourth-order valence-corrected chi connectivity index (χ4v) is 4.53. The number of piperazine rings is 1. The van der Waals surface area contributed by atoms with Crippen molar-refractivity contribution in [1.82, 2.24) is 14.7 Å². The molecule has 2 fully saturated rings. The lowest BCUT2D eigenvalue weighted by Gasteiger charge is -2.42. The fourth-order valence-electron chi connectivity index (χ4n) is 4.53. The van der Waals surface area contributed by atoms with Gasteiger partial charge in [0, 0.05) is 45.2 Å². The molecule has 2 aromatic rings. The number of hydrogen-bond donors (Lipinski definition) is 0. The summed E-state index contributed by atoms with van der Waals surface area (Å²) < 4.78 is 13.4. The molecule has 0 N–H and O–H groups in total.